The van der Waals surface area contributed by atoms with Gasteiger partial charge in [0.25, 0.3) is 0 Å². The van der Waals surface area contributed by atoms with Gasteiger partial charge in [0.2, 0.25) is 41.4 Å². The molecule has 12 atom stereocenters. The van der Waals surface area contributed by atoms with Gasteiger partial charge in [-0.1, -0.05) is 102 Å². The topological polar surface area (TPSA) is 445 Å². The van der Waals surface area contributed by atoms with Crippen molar-refractivity contribution in [2.45, 2.75) is 199 Å². The van der Waals surface area contributed by atoms with Gasteiger partial charge in [-0.15, -0.1) is 0 Å². The van der Waals surface area contributed by atoms with Gasteiger partial charge in [-0.3, -0.25) is 47.9 Å². The molecule has 118 heavy (non-hydrogen) atoms. The van der Waals surface area contributed by atoms with E-state index >= 15 is 8.78 Å². The SMILES string of the molecule is CC/C=C\C(=O)/C=C1\C[C@@]2(F)[C@@H](O)C[C@@]3(C)[C@@H](C[C@H]4OC(CCC)O[C@]43C(=O)COCNC(=O)CNC(=O)OCc3ccc(NC(=O)[C@H](CCCNC(N)=O)NC(=O)[C@@H](NC(=O)[C@@H](CCC(=O)O)NC(=O)CCOCCOCCOCCOCCNC(=O)CCC(=O)N4Cc5ccccc5/C(C)=C\c5ccccc54)C(C)C)cc3)[C@@H]2C[C@@H]1F. The van der Waals surface area contributed by atoms with Crippen LogP contribution in [0.1, 0.15) is 154 Å². The number of para-hydroxylation sites is 1. The molecular weight excluding hydrogens is 1540 g/mol. The third-order valence-corrected chi connectivity index (χ3v) is 21.7. The van der Waals surface area contributed by atoms with Crippen LogP contribution in [0, 0.1) is 23.2 Å². The van der Waals surface area contributed by atoms with Crippen LogP contribution >= 0.6 is 0 Å². The lowest BCUT2D eigenvalue weighted by Gasteiger charge is -2.57. The maximum Gasteiger partial charge on any atom is 0.407 e. The van der Waals surface area contributed by atoms with Gasteiger partial charge < -0.3 is 101 Å². The number of nitrogens with zero attached hydrogens (tertiary/aromatic N) is 1. The molecule has 3 saturated carbocycles. The van der Waals surface area contributed by atoms with Crippen LogP contribution in [-0.2, 0) is 99.0 Å². The minimum absolute atomic E-state index is 0.0190. The van der Waals surface area contributed by atoms with E-state index in [9.17, 15) is 67.7 Å². The van der Waals surface area contributed by atoms with Crippen LogP contribution in [0.2, 0.25) is 0 Å². The lowest BCUT2D eigenvalue weighted by Crippen LogP contribution is -2.66. The Labute approximate surface area is 685 Å². The van der Waals surface area contributed by atoms with Crippen molar-refractivity contribution in [3.8, 4) is 0 Å². The average molecular weight is 1650 g/mol. The number of aliphatic carboxylic acids is 1. The number of ketones is 2. The van der Waals surface area contributed by atoms with Crippen molar-refractivity contribution in [2.75, 3.05) is 96.0 Å². The van der Waals surface area contributed by atoms with Gasteiger partial charge >= 0.3 is 18.1 Å². The predicted molar refractivity (Wildman–Crippen MR) is 428 cm³/mol. The molecule has 32 nitrogen and oxygen atoms in total. The summed E-state index contributed by atoms with van der Waals surface area (Å²) in [4.78, 5) is 159. The Kier molecular flexibility index (Phi) is 36.4. The molecule has 1 unspecified atom stereocenters. The van der Waals surface area contributed by atoms with Gasteiger partial charge in [-0.25, -0.2) is 18.4 Å². The smallest absolute Gasteiger partial charge is 0.407 e. The summed E-state index contributed by atoms with van der Waals surface area (Å²) in [6.07, 6.45) is -0.0732. The number of carbonyl (C=O) groups is 12. The van der Waals surface area contributed by atoms with Crippen LogP contribution in [0.25, 0.3) is 11.6 Å². The molecule has 10 amide bonds. The first-order valence-corrected chi connectivity index (χ1v) is 40.3. The number of aliphatic hydroxyl groups excluding tert-OH is 1. The highest BCUT2D eigenvalue weighted by molar-refractivity contribution is 6.02. The summed E-state index contributed by atoms with van der Waals surface area (Å²) in [7, 11) is 0. The van der Waals surface area contributed by atoms with E-state index in [1.54, 1.807) is 31.7 Å². The first-order valence-electron chi connectivity index (χ1n) is 40.3. The van der Waals surface area contributed by atoms with Crippen LogP contribution in [0.3, 0.4) is 0 Å². The number of fused-ring (bicyclic) bond motifs is 7. The van der Waals surface area contributed by atoms with Crippen molar-refractivity contribution in [1.82, 2.24) is 37.2 Å². The van der Waals surface area contributed by atoms with Gasteiger partial charge in [0, 0.05) is 62.2 Å². The third-order valence-electron chi connectivity index (χ3n) is 21.7. The molecule has 0 aromatic heterocycles. The number of carbonyl (C=O) groups excluding carboxylic acids is 11. The number of ether oxygens (including phenoxy) is 8. The Bertz CT molecular complexity index is 4070. The summed E-state index contributed by atoms with van der Waals surface area (Å²) in [6, 6.07) is 16.9. The molecule has 0 spiro atoms. The van der Waals surface area contributed by atoms with E-state index in [1.165, 1.54) is 30.3 Å². The third kappa shape index (κ3) is 26.3. The summed E-state index contributed by atoms with van der Waals surface area (Å²) in [5.74, 6) is -8.81. The number of benzene rings is 3. The second-order valence-electron chi connectivity index (χ2n) is 30.5. The number of allylic oxidation sites excluding steroid dienone is 5. The zero-order valence-electron chi connectivity index (χ0n) is 67.9. The predicted octanol–water partition coefficient (Wildman–Crippen LogP) is 6.38. The Morgan fingerprint density at radius 2 is 1.41 bits per heavy atom. The lowest BCUT2D eigenvalue weighted by atomic mass is 9.50. The van der Waals surface area contributed by atoms with E-state index in [0.29, 0.717) is 31.4 Å². The van der Waals surface area contributed by atoms with E-state index in [-0.39, 0.29) is 153 Å². The summed E-state index contributed by atoms with van der Waals surface area (Å²) in [5, 5.41) is 41.6. The number of aliphatic hydroxyl groups is 1. The van der Waals surface area contributed by atoms with Crippen molar-refractivity contribution in [3.05, 3.63) is 119 Å². The van der Waals surface area contributed by atoms with Gasteiger partial charge in [0.05, 0.1) is 77.3 Å². The number of alkyl halides is 2. The fourth-order valence-corrected chi connectivity index (χ4v) is 15.8. The molecule has 3 aliphatic carbocycles. The summed E-state index contributed by atoms with van der Waals surface area (Å²) >= 11 is 0. The zero-order chi connectivity index (χ0) is 85.5. The van der Waals surface area contributed by atoms with Crippen molar-refractivity contribution in [3.63, 3.8) is 0 Å². The molecule has 2 aliphatic heterocycles. The summed E-state index contributed by atoms with van der Waals surface area (Å²) in [6.45, 7) is 10.9. The molecule has 5 aliphatic rings. The van der Waals surface area contributed by atoms with Crippen molar-refractivity contribution < 1.29 is 114 Å². The second kappa shape index (κ2) is 45.9. The number of alkyl carbamates (subject to hydrolysis) is 1. The number of rotatable bonds is 47. The Balaban J connectivity index is 0.697. The highest BCUT2D eigenvalue weighted by Gasteiger charge is 2.77. The monoisotopic (exact) mass is 1650 g/mol. The van der Waals surface area contributed by atoms with Crippen LogP contribution in [0.15, 0.2) is 96.6 Å². The number of urea groups is 1. The standard InChI is InChI=1S/C84H114F2N10O22/c1-7-9-18-59(97)42-57-45-83(86)62(43-63(57)85)61-44-69-84(82(61,6)46-67(83)98,118-75(117-69)15-8-2)68(99)50-115-51-91-72(102)47-90-81(110)116-49-54-22-24-58(25-23-54)92-77(106)64(20-14-31-89-80(87)109)94-79(108)76(52(3)4)95-78(107)65(26-29-74(104)105)93-71(101)30-33-111-35-37-113-39-40-114-38-36-112-34-32-88-70(100)27-28-73(103)96-48-56-17-10-12-19-60(56)53(5)41-55-16-11-13-21-66(55)96/h9-13,16-19,21-25,41-42,52,61-65,67,69,75-76,98H,7-8,14-15,20,26-40,43-51H2,1-6H3,(H,88,100)(H,90,110)(H,91,102)(H,92,106)(H,93,101)(H,94,108)(H,95,107)(H,104,105)(H3,87,89,109)/b18-9-,53-41-,57-42+/t61-,62-,63-,64-,65+,67-,69+,75?,76-,82-,83-,84+/m0/s1. The number of hydrogen-bond acceptors (Lipinski definition) is 21. The van der Waals surface area contributed by atoms with E-state index in [0.717, 1.165) is 34.0 Å². The number of primary amides is 1. The van der Waals surface area contributed by atoms with Crippen molar-refractivity contribution in [1.29, 1.82) is 0 Å². The average Bonchev–Trinajstić information content (AvgIpc) is 1.50. The second-order valence-corrected chi connectivity index (χ2v) is 30.5. The van der Waals surface area contributed by atoms with Crippen LogP contribution < -0.4 is 53.2 Å². The molecule has 2 heterocycles. The largest absolute Gasteiger partial charge is 0.481 e. The first kappa shape index (κ1) is 93.6. The van der Waals surface area contributed by atoms with E-state index in [4.69, 9.17) is 43.6 Å². The number of carboxylic acid groups (broad SMARTS) is 1. The van der Waals surface area contributed by atoms with Gasteiger partial charge in [-0.2, -0.15) is 0 Å². The maximum absolute atomic E-state index is 17.2. The number of anilines is 2. The molecule has 1 saturated heterocycles. The number of Topliss-reactive ketones (excluding diaryl/α,β-unsaturated/α-hetero) is 1. The maximum atomic E-state index is 17.2. The zero-order valence-corrected chi connectivity index (χ0v) is 67.9. The van der Waals surface area contributed by atoms with E-state index in [2.05, 4.69) is 55.5 Å². The number of hydrogen-bond donors (Lipinski definition) is 11. The molecule has 0 bridgehead atoms. The molecule has 3 aromatic carbocycles. The molecule has 646 valence electrons. The van der Waals surface area contributed by atoms with E-state index < -0.39 is 169 Å². The molecule has 3 aromatic rings. The number of halogens is 2. The highest BCUT2D eigenvalue weighted by Crippen LogP contribution is 2.69. The molecule has 8 rings (SSSR count). The van der Waals surface area contributed by atoms with Gasteiger partial charge in [0.15, 0.2) is 23.5 Å². The molecule has 12 N–H and O–H groups in total. The van der Waals surface area contributed by atoms with E-state index in [1.807, 2.05) is 62.4 Å². The minimum Gasteiger partial charge on any atom is -0.481 e. The highest BCUT2D eigenvalue weighted by atomic mass is 19.1. The van der Waals surface area contributed by atoms with Crippen LogP contribution in [0.5, 0.6) is 0 Å². The molecule has 0 radical (unpaired) electrons. The van der Waals surface area contributed by atoms with Crippen LogP contribution in [-0.4, -0.2) is 221 Å². The van der Waals surface area contributed by atoms with Gasteiger partial charge in [0.1, 0.15) is 56.5 Å². The normalized spacial score (nSPS) is 23.2. The lowest BCUT2D eigenvalue weighted by molar-refractivity contribution is -0.217. The first-order chi connectivity index (χ1) is 56.5. The quantitative estimate of drug-likeness (QED) is 0.0166. The van der Waals surface area contributed by atoms with Crippen molar-refractivity contribution >= 4 is 94.0 Å². The fourth-order valence-electron chi connectivity index (χ4n) is 15.8. The molecule has 34 heteroatoms. The minimum atomic E-state index is -2.29. The summed E-state index contributed by atoms with van der Waals surface area (Å²) < 4.78 is 79.2. The molecular formula is C84H114F2N10O22. The van der Waals surface area contributed by atoms with Gasteiger partial charge in [-0.05, 0) is 140 Å². The van der Waals surface area contributed by atoms with Crippen LogP contribution in [0.4, 0.5) is 29.7 Å². The van der Waals surface area contributed by atoms with Crippen molar-refractivity contribution in [2.24, 2.45) is 28.9 Å². The number of nitrogens with two attached hydrogens (primary N) is 1. The fraction of sp³-hybridized carbons (Fsp3) is 0.571. The Hall–Kier alpha value is -9.94. The number of amides is 10. The Morgan fingerprint density at radius 3 is 2.10 bits per heavy atom. The Morgan fingerprint density at radius 1 is 0.720 bits per heavy atom. The number of carboxylic acids is 1. The molecule has 4 fully saturated rings. The summed E-state index contributed by atoms with van der Waals surface area (Å²) in [5.41, 5.74) is 5.57. The number of nitrogens with one attached hydrogen (secondary N) is 8.